The summed E-state index contributed by atoms with van der Waals surface area (Å²) in [7, 11) is 0. The predicted octanol–water partition coefficient (Wildman–Crippen LogP) is 5.81. The van der Waals surface area contributed by atoms with Gasteiger partial charge in [0.05, 0.1) is 31.0 Å². The average molecular weight is 524 g/mol. The number of rotatable bonds is 5. The van der Waals surface area contributed by atoms with Gasteiger partial charge in [0.15, 0.2) is 5.11 Å². The van der Waals surface area contributed by atoms with E-state index < -0.39 is 0 Å². The number of nitrogens with one attached hydrogen (secondary N) is 1. The Labute approximate surface area is 229 Å². The molecule has 0 radical (unpaired) electrons. The molecule has 2 aliphatic heterocycles. The lowest BCUT2D eigenvalue weighted by atomic mass is 9.96. The molecule has 7 heteroatoms. The second kappa shape index (κ2) is 10.2. The number of morpholine rings is 1. The van der Waals surface area contributed by atoms with E-state index in [1.54, 1.807) is 0 Å². The number of benzene rings is 2. The van der Waals surface area contributed by atoms with Crippen molar-refractivity contribution in [3.05, 3.63) is 107 Å². The Kier molecular flexibility index (Phi) is 6.64. The SMILES string of the molecule is Cc1ccc(-n2c(C)cc([C@H]3[C@H](c4ccccn4)NC(=S)N3c3ccc(N4CCOCC4)cc3)c2C)cc1. The molecule has 4 aromatic rings. The van der Waals surface area contributed by atoms with Gasteiger partial charge in [0.1, 0.15) is 0 Å². The Morgan fingerprint density at radius 1 is 0.868 bits per heavy atom. The molecule has 6 nitrogen and oxygen atoms in total. The highest BCUT2D eigenvalue weighted by Gasteiger charge is 2.42. The van der Waals surface area contributed by atoms with Crippen molar-refractivity contribution in [3.8, 4) is 5.69 Å². The number of aryl methyl sites for hydroxylation is 2. The van der Waals surface area contributed by atoms with Crippen LogP contribution in [0.4, 0.5) is 11.4 Å². The number of hydrogen-bond acceptors (Lipinski definition) is 4. The van der Waals surface area contributed by atoms with Crippen molar-refractivity contribution in [2.75, 3.05) is 36.1 Å². The van der Waals surface area contributed by atoms with Gasteiger partial charge in [-0.15, -0.1) is 0 Å². The van der Waals surface area contributed by atoms with Crippen molar-refractivity contribution in [2.45, 2.75) is 32.9 Å². The van der Waals surface area contributed by atoms with Crippen LogP contribution in [0, 0.1) is 20.8 Å². The van der Waals surface area contributed by atoms with Crippen LogP contribution >= 0.6 is 12.2 Å². The summed E-state index contributed by atoms with van der Waals surface area (Å²) in [5, 5.41) is 4.32. The zero-order valence-corrected chi connectivity index (χ0v) is 22.9. The van der Waals surface area contributed by atoms with Gasteiger partial charge in [0.25, 0.3) is 0 Å². The molecule has 2 aromatic heterocycles. The molecule has 6 rings (SSSR count). The van der Waals surface area contributed by atoms with Crippen molar-refractivity contribution in [1.29, 1.82) is 0 Å². The van der Waals surface area contributed by atoms with E-state index in [0.29, 0.717) is 5.11 Å². The van der Waals surface area contributed by atoms with Crippen LogP contribution in [-0.2, 0) is 4.74 Å². The fourth-order valence-electron chi connectivity index (χ4n) is 5.77. The Bertz CT molecular complexity index is 1430. The first-order valence-corrected chi connectivity index (χ1v) is 13.6. The van der Waals surface area contributed by atoms with Crippen molar-refractivity contribution in [3.63, 3.8) is 0 Å². The van der Waals surface area contributed by atoms with Crippen LogP contribution in [0.3, 0.4) is 0 Å². The summed E-state index contributed by atoms with van der Waals surface area (Å²) in [4.78, 5) is 9.36. The Morgan fingerprint density at radius 2 is 1.55 bits per heavy atom. The van der Waals surface area contributed by atoms with Crippen molar-refractivity contribution < 1.29 is 4.74 Å². The van der Waals surface area contributed by atoms with Crippen molar-refractivity contribution in [2.24, 2.45) is 0 Å². The molecular formula is C31H33N5OS. The number of anilines is 2. The van der Waals surface area contributed by atoms with Crippen LogP contribution in [0.15, 0.2) is 79.0 Å². The summed E-state index contributed by atoms with van der Waals surface area (Å²) in [6.45, 7) is 9.87. The molecule has 2 aliphatic rings. The average Bonchev–Trinajstić information content (AvgIpc) is 3.45. The van der Waals surface area contributed by atoms with Gasteiger partial charge in [-0.1, -0.05) is 23.8 Å². The second-order valence-electron chi connectivity index (χ2n) is 10.1. The molecule has 0 spiro atoms. The van der Waals surface area contributed by atoms with Crippen LogP contribution in [0.25, 0.3) is 5.69 Å². The lowest BCUT2D eigenvalue weighted by Crippen LogP contribution is -2.36. The molecule has 0 unspecified atom stereocenters. The number of thiocarbonyl (C=S) groups is 1. The maximum atomic E-state index is 5.98. The van der Waals surface area contributed by atoms with E-state index in [1.807, 2.05) is 18.3 Å². The monoisotopic (exact) mass is 523 g/mol. The summed E-state index contributed by atoms with van der Waals surface area (Å²) in [6, 6.07) is 25.7. The number of ether oxygens (including phenoxy) is 1. The summed E-state index contributed by atoms with van der Waals surface area (Å²) >= 11 is 5.98. The number of pyridine rings is 1. The quantitative estimate of drug-likeness (QED) is 0.333. The number of aromatic nitrogens is 2. The Hall–Kier alpha value is -3.68. The highest BCUT2D eigenvalue weighted by molar-refractivity contribution is 7.80. The molecule has 2 aromatic carbocycles. The molecule has 2 saturated heterocycles. The van der Waals surface area contributed by atoms with Gasteiger partial charge in [0.2, 0.25) is 0 Å². The first kappa shape index (κ1) is 24.6. The molecule has 4 heterocycles. The molecule has 1 N–H and O–H groups in total. The van der Waals surface area contributed by atoms with Crippen LogP contribution in [0.1, 0.15) is 40.3 Å². The van der Waals surface area contributed by atoms with Gasteiger partial charge < -0.3 is 24.4 Å². The van der Waals surface area contributed by atoms with E-state index in [1.165, 1.54) is 33.9 Å². The topological polar surface area (TPSA) is 45.6 Å². The lowest BCUT2D eigenvalue weighted by molar-refractivity contribution is 0.122. The standard InChI is InChI=1S/C31H33N5OS/c1-21-7-9-25(10-8-21)35-22(2)20-27(23(35)3)30-29(28-6-4-5-15-32-28)33-31(38)36(30)26-13-11-24(12-14-26)34-16-18-37-19-17-34/h4-15,20,29-30H,16-19H2,1-3H3,(H,33,38)/t29-,30-/m0/s1. The molecule has 0 aliphatic carbocycles. The van der Waals surface area contributed by atoms with Crippen LogP contribution in [0.5, 0.6) is 0 Å². The third-order valence-electron chi connectivity index (χ3n) is 7.68. The Balaban J connectivity index is 1.43. The minimum Gasteiger partial charge on any atom is -0.378 e. The van der Waals surface area contributed by atoms with E-state index in [2.05, 4.69) is 101 Å². The van der Waals surface area contributed by atoms with Crippen LogP contribution in [0.2, 0.25) is 0 Å². The summed E-state index contributed by atoms with van der Waals surface area (Å²) in [6.07, 6.45) is 1.85. The molecule has 0 amide bonds. The summed E-state index contributed by atoms with van der Waals surface area (Å²) in [5.41, 5.74) is 9.33. The fourth-order valence-corrected chi connectivity index (χ4v) is 6.12. The molecular weight excluding hydrogens is 490 g/mol. The van der Waals surface area contributed by atoms with E-state index in [0.717, 1.165) is 37.7 Å². The zero-order chi connectivity index (χ0) is 26.2. The van der Waals surface area contributed by atoms with Gasteiger partial charge in [-0.3, -0.25) is 4.98 Å². The summed E-state index contributed by atoms with van der Waals surface area (Å²) < 4.78 is 7.87. The molecule has 2 atom stereocenters. The highest BCUT2D eigenvalue weighted by Crippen LogP contribution is 2.44. The third-order valence-corrected chi connectivity index (χ3v) is 8.00. The van der Waals surface area contributed by atoms with Crippen LogP contribution < -0.4 is 15.1 Å². The summed E-state index contributed by atoms with van der Waals surface area (Å²) in [5.74, 6) is 0. The molecule has 0 saturated carbocycles. The van der Waals surface area contributed by atoms with Gasteiger partial charge in [-0.2, -0.15) is 0 Å². The van der Waals surface area contributed by atoms with Crippen molar-refractivity contribution in [1.82, 2.24) is 14.9 Å². The molecule has 38 heavy (non-hydrogen) atoms. The highest BCUT2D eigenvalue weighted by atomic mass is 32.1. The van der Waals surface area contributed by atoms with Gasteiger partial charge in [-0.25, -0.2) is 0 Å². The second-order valence-corrected chi connectivity index (χ2v) is 10.5. The smallest absolute Gasteiger partial charge is 0.174 e. The first-order chi connectivity index (χ1) is 18.5. The molecule has 0 bridgehead atoms. The first-order valence-electron chi connectivity index (χ1n) is 13.2. The normalized spacial score (nSPS) is 19.6. The van der Waals surface area contributed by atoms with Gasteiger partial charge in [0, 0.05) is 47.7 Å². The van der Waals surface area contributed by atoms with Crippen LogP contribution in [-0.4, -0.2) is 41.0 Å². The van der Waals surface area contributed by atoms with E-state index in [-0.39, 0.29) is 12.1 Å². The predicted molar refractivity (Wildman–Crippen MR) is 157 cm³/mol. The largest absolute Gasteiger partial charge is 0.378 e. The van der Waals surface area contributed by atoms with Gasteiger partial charge in [-0.05, 0) is 93.1 Å². The molecule has 194 valence electrons. The lowest BCUT2D eigenvalue weighted by Gasteiger charge is -2.31. The molecule has 2 fully saturated rings. The Morgan fingerprint density at radius 3 is 2.24 bits per heavy atom. The van der Waals surface area contributed by atoms with Crippen molar-refractivity contribution >= 4 is 28.7 Å². The van der Waals surface area contributed by atoms with E-state index >= 15 is 0 Å². The zero-order valence-electron chi connectivity index (χ0n) is 22.1. The van der Waals surface area contributed by atoms with E-state index in [4.69, 9.17) is 21.9 Å². The fraction of sp³-hybridized carbons (Fsp3) is 0.290. The third kappa shape index (κ3) is 4.46. The maximum absolute atomic E-state index is 5.98. The minimum absolute atomic E-state index is 0.0444. The van der Waals surface area contributed by atoms with Gasteiger partial charge >= 0.3 is 0 Å². The maximum Gasteiger partial charge on any atom is 0.174 e. The van der Waals surface area contributed by atoms with E-state index in [9.17, 15) is 0 Å². The minimum atomic E-state index is -0.0745. The number of hydrogen-bond donors (Lipinski definition) is 1. The number of nitrogens with zero attached hydrogens (tertiary/aromatic N) is 4.